The van der Waals surface area contributed by atoms with Gasteiger partial charge in [-0.2, -0.15) is 13.2 Å². The number of rotatable bonds is 8. The smallest absolute Gasteiger partial charge is 0.384 e. The molecule has 0 bridgehead atoms. The number of imidazole rings is 1. The van der Waals surface area contributed by atoms with Crippen molar-refractivity contribution in [2.24, 2.45) is 0 Å². The van der Waals surface area contributed by atoms with Gasteiger partial charge >= 0.3 is 6.18 Å². The number of alkyl halides is 3. The fourth-order valence-electron chi connectivity index (χ4n) is 4.89. The van der Waals surface area contributed by atoms with E-state index in [1.807, 2.05) is 4.40 Å². The summed E-state index contributed by atoms with van der Waals surface area (Å²) in [6.07, 6.45) is 1.76. The molecular weight excluding hydrogens is 553 g/mol. The van der Waals surface area contributed by atoms with Crippen LogP contribution in [-0.2, 0) is 15.7 Å². The molecule has 1 unspecified atom stereocenters. The minimum absolute atomic E-state index is 0.0535. The van der Waals surface area contributed by atoms with Crippen LogP contribution in [0.3, 0.4) is 0 Å². The number of anilines is 3. The Hall–Kier alpha value is -4.72. The van der Waals surface area contributed by atoms with Crippen molar-refractivity contribution in [3.63, 3.8) is 0 Å². The van der Waals surface area contributed by atoms with E-state index in [1.165, 1.54) is 0 Å². The number of nitrogen functional groups attached to an aromatic ring is 1. The van der Waals surface area contributed by atoms with Gasteiger partial charge in [0.1, 0.15) is 22.8 Å². The third-order valence-electron chi connectivity index (χ3n) is 6.92. The van der Waals surface area contributed by atoms with Gasteiger partial charge in [0.2, 0.25) is 11.9 Å². The van der Waals surface area contributed by atoms with E-state index in [2.05, 4.69) is 25.5 Å². The van der Waals surface area contributed by atoms with Crippen LogP contribution in [-0.4, -0.2) is 64.0 Å². The number of hydrogen-bond acceptors (Lipinski definition) is 8. The maximum Gasteiger partial charge on any atom is 0.416 e. The van der Waals surface area contributed by atoms with E-state index in [-0.39, 0.29) is 35.6 Å². The van der Waals surface area contributed by atoms with E-state index in [0.29, 0.717) is 35.9 Å². The van der Waals surface area contributed by atoms with Crippen molar-refractivity contribution >= 4 is 34.9 Å². The molecule has 4 heterocycles. The summed E-state index contributed by atoms with van der Waals surface area (Å²) in [5.41, 5.74) is 7.38. The first-order valence-corrected chi connectivity index (χ1v) is 13.2. The molecule has 0 radical (unpaired) electrons. The Bertz CT molecular complexity index is 1590. The first-order chi connectivity index (χ1) is 20.1. The normalized spacial score (nSPS) is 15.5. The van der Waals surface area contributed by atoms with Crippen molar-refractivity contribution in [2.45, 2.75) is 31.5 Å². The molecule has 1 aliphatic heterocycles. The summed E-state index contributed by atoms with van der Waals surface area (Å²) in [7, 11) is 1.55. The lowest BCUT2D eigenvalue weighted by Crippen LogP contribution is -2.48. The molecule has 4 aromatic rings. The number of hydrogen-bond donors (Lipinski definition) is 3. The van der Waals surface area contributed by atoms with Crippen LogP contribution >= 0.6 is 0 Å². The van der Waals surface area contributed by atoms with Gasteiger partial charge in [-0.3, -0.25) is 14.0 Å². The van der Waals surface area contributed by atoms with Crippen molar-refractivity contribution in [1.82, 2.24) is 24.7 Å². The summed E-state index contributed by atoms with van der Waals surface area (Å²) in [5, 5.41) is 5.46. The van der Waals surface area contributed by atoms with Crippen molar-refractivity contribution in [3.8, 4) is 11.3 Å². The highest BCUT2D eigenvalue weighted by atomic mass is 19.4. The molecule has 14 heteroatoms. The standard InChI is InChI=1S/C28H29F3N8O3/c1-42-14-9-22(40)35-20-3-2-12-38(16-20)27-37-23(24-25(32)34-11-13-39(24)27)17-4-6-18(7-5-17)26(41)36-21-15-19(8-10-33-21)28(29,30)31/h4-8,10-11,13,15,20H,2-3,9,12,14,16H2,1H3,(H2,32,34)(H,35,40)(H,33,36,41). The molecule has 1 aromatic carbocycles. The maximum absolute atomic E-state index is 13.0. The maximum atomic E-state index is 13.0. The summed E-state index contributed by atoms with van der Waals surface area (Å²) < 4.78 is 45.9. The minimum atomic E-state index is -4.56. The van der Waals surface area contributed by atoms with Crippen molar-refractivity contribution in [2.75, 3.05) is 42.8 Å². The van der Waals surface area contributed by atoms with Crippen molar-refractivity contribution in [3.05, 3.63) is 66.1 Å². The summed E-state index contributed by atoms with van der Waals surface area (Å²) >= 11 is 0. The number of pyridine rings is 1. The molecule has 1 atom stereocenters. The second-order valence-corrected chi connectivity index (χ2v) is 9.85. The van der Waals surface area contributed by atoms with Crippen LogP contribution in [0.5, 0.6) is 0 Å². The average Bonchev–Trinajstić information content (AvgIpc) is 3.37. The summed E-state index contributed by atoms with van der Waals surface area (Å²) in [4.78, 5) is 40.0. The topological polar surface area (TPSA) is 140 Å². The Morgan fingerprint density at radius 2 is 1.93 bits per heavy atom. The summed E-state index contributed by atoms with van der Waals surface area (Å²) in [6, 6.07) is 8.01. The second-order valence-electron chi connectivity index (χ2n) is 9.85. The van der Waals surface area contributed by atoms with E-state index in [4.69, 9.17) is 15.5 Å². The number of ether oxygens (including phenoxy) is 1. The Morgan fingerprint density at radius 1 is 1.14 bits per heavy atom. The largest absolute Gasteiger partial charge is 0.416 e. The molecule has 11 nitrogen and oxygen atoms in total. The Balaban J connectivity index is 1.37. The van der Waals surface area contributed by atoms with Crippen LogP contribution in [0.2, 0.25) is 0 Å². The minimum Gasteiger partial charge on any atom is -0.384 e. The first-order valence-electron chi connectivity index (χ1n) is 13.2. The highest BCUT2D eigenvalue weighted by Crippen LogP contribution is 2.33. The molecule has 42 heavy (non-hydrogen) atoms. The number of nitrogens with zero attached hydrogens (tertiary/aromatic N) is 5. The highest BCUT2D eigenvalue weighted by Gasteiger charge is 2.31. The lowest BCUT2D eigenvalue weighted by molar-refractivity contribution is -0.137. The van der Waals surface area contributed by atoms with Gasteiger partial charge in [0.15, 0.2) is 0 Å². The van der Waals surface area contributed by atoms with Gasteiger partial charge in [0.25, 0.3) is 5.91 Å². The monoisotopic (exact) mass is 582 g/mol. The molecular formula is C28H29F3N8O3. The molecule has 1 fully saturated rings. The Kier molecular flexibility index (Phi) is 8.24. The van der Waals surface area contributed by atoms with Crippen molar-refractivity contribution < 1.29 is 27.5 Å². The number of nitrogens with two attached hydrogens (primary N) is 1. The Morgan fingerprint density at radius 3 is 2.67 bits per heavy atom. The molecule has 3 aromatic heterocycles. The zero-order valence-electron chi connectivity index (χ0n) is 22.7. The van der Waals surface area contributed by atoms with Crippen LogP contribution in [0.1, 0.15) is 35.2 Å². The molecule has 0 spiro atoms. The molecule has 2 amide bonds. The lowest BCUT2D eigenvalue weighted by Gasteiger charge is -2.33. The van der Waals surface area contributed by atoms with Crippen LogP contribution in [0.25, 0.3) is 16.8 Å². The van der Waals surface area contributed by atoms with Gasteiger partial charge in [-0.15, -0.1) is 0 Å². The average molecular weight is 583 g/mol. The summed E-state index contributed by atoms with van der Waals surface area (Å²) in [6.45, 7) is 1.64. The van der Waals surface area contributed by atoms with Gasteiger partial charge < -0.3 is 26.0 Å². The molecule has 0 saturated carbocycles. The third-order valence-corrected chi connectivity index (χ3v) is 6.92. The molecule has 1 aliphatic rings. The van der Waals surface area contributed by atoms with Crippen LogP contribution in [0, 0.1) is 0 Å². The number of halogens is 3. The van der Waals surface area contributed by atoms with Gasteiger partial charge in [-0.05, 0) is 37.1 Å². The molecule has 0 aliphatic carbocycles. The number of aromatic nitrogens is 4. The van der Waals surface area contributed by atoms with Crippen LogP contribution in [0.15, 0.2) is 55.0 Å². The predicted octanol–water partition coefficient (Wildman–Crippen LogP) is 3.77. The van der Waals surface area contributed by atoms with Crippen LogP contribution < -0.4 is 21.3 Å². The van der Waals surface area contributed by atoms with Gasteiger partial charge in [0.05, 0.1) is 12.2 Å². The number of carbonyl (C=O) groups is 2. The summed E-state index contributed by atoms with van der Waals surface area (Å²) in [5.74, 6) is 0.0142. The van der Waals surface area contributed by atoms with Gasteiger partial charge in [-0.25, -0.2) is 15.0 Å². The zero-order valence-corrected chi connectivity index (χ0v) is 22.7. The van der Waals surface area contributed by atoms with E-state index in [1.54, 1.807) is 43.8 Å². The molecule has 5 rings (SSSR count). The number of piperidine rings is 1. The first kappa shape index (κ1) is 28.8. The van der Waals surface area contributed by atoms with Crippen LogP contribution in [0.4, 0.5) is 30.8 Å². The molecule has 220 valence electrons. The Labute approximate surface area is 238 Å². The van der Waals surface area contributed by atoms with E-state index in [0.717, 1.165) is 37.7 Å². The highest BCUT2D eigenvalue weighted by molar-refractivity contribution is 6.04. The van der Waals surface area contributed by atoms with E-state index >= 15 is 0 Å². The number of benzene rings is 1. The molecule has 4 N–H and O–H groups in total. The molecule has 1 saturated heterocycles. The van der Waals surface area contributed by atoms with E-state index < -0.39 is 17.6 Å². The van der Waals surface area contributed by atoms with Gasteiger partial charge in [-0.1, -0.05) is 12.1 Å². The number of nitrogens with one attached hydrogen (secondary N) is 2. The number of carbonyl (C=O) groups excluding carboxylic acids is 2. The number of methoxy groups -OCH3 is 1. The number of amides is 2. The predicted molar refractivity (Wildman–Crippen MR) is 150 cm³/mol. The van der Waals surface area contributed by atoms with Crippen molar-refractivity contribution in [1.29, 1.82) is 0 Å². The fourth-order valence-corrected chi connectivity index (χ4v) is 4.89. The zero-order chi connectivity index (χ0) is 29.9. The lowest BCUT2D eigenvalue weighted by atomic mass is 10.1. The second kappa shape index (κ2) is 12.0. The quantitative estimate of drug-likeness (QED) is 0.285. The van der Waals surface area contributed by atoms with E-state index in [9.17, 15) is 22.8 Å². The fraction of sp³-hybridized carbons (Fsp3) is 0.321. The SMILES string of the molecule is COCCC(=O)NC1CCCN(c2nc(-c3ccc(C(=O)Nc4cc(C(F)(F)F)ccn4)cc3)c3c(N)nccn23)C1. The third kappa shape index (κ3) is 6.28. The number of fused-ring (bicyclic) bond motifs is 1. The van der Waals surface area contributed by atoms with Gasteiger partial charge in [0, 0.05) is 62.4 Å².